The Balaban J connectivity index is 2.07. The summed E-state index contributed by atoms with van der Waals surface area (Å²) < 4.78 is 0. The molecule has 0 bridgehead atoms. The average Bonchev–Trinajstić information content (AvgIpc) is 2.48. The minimum Gasteiger partial charge on any atom is -0.392 e. The van der Waals surface area contributed by atoms with E-state index in [0.29, 0.717) is 6.54 Å². The first-order valence-electron chi connectivity index (χ1n) is 7.62. The molecule has 1 saturated carbocycles. The van der Waals surface area contributed by atoms with Gasteiger partial charge in [0, 0.05) is 12.0 Å². The Morgan fingerprint density at radius 3 is 2.74 bits per heavy atom. The van der Waals surface area contributed by atoms with Crippen molar-refractivity contribution in [3.63, 3.8) is 0 Å². The van der Waals surface area contributed by atoms with Gasteiger partial charge in [0.2, 0.25) is 0 Å². The Hall–Kier alpha value is -0.860. The topological polar surface area (TPSA) is 46.2 Å². The molecule has 0 saturated heterocycles. The van der Waals surface area contributed by atoms with Crippen LogP contribution in [0.3, 0.4) is 0 Å². The SMILES string of the molecule is CCC1CCCC(CN)(C(O)Cc2ccccc2)C1. The molecule has 1 aromatic carbocycles. The van der Waals surface area contributed by atoms with Crippen LogP contribution in [0.15, 0.2) is 30.3 Å². The normalized spacial score (nSPS) is 29.1. The van der Waals surface area contributed by atoms with Gasteiger partial charge in [-0.25, -0.2) is 0 Å². The first-order valence-corrected chi connectivity index (χ1v) is 7.62. The second-order valence-electron chi connectivity index (χ2n) is 6.14. The first-order chi connectivity index (χ1) is 9.20. The van der Waals surface area contributed by atoms with Crippen molar-refractivity contribution in [1.82, 2.24) is 0 Å². The molecule has 1 aliphatic carbocycles. The fourth-order valence-corrected chi connectivity index (χ4v) is 3.55. The molecule has 2 heteroatoms. The molecule has 106 valence electrons. The van der Waals surface area contributed by atoms with Crippen molar-refractivity contribution in [2.24, 2.45) is 17.1 Å². The predicted molar refractivity (Wildman–Crippen MR) is 79.9 cm³/mol. The highest BCUT2D eigenvalue weighted by atomic mass is 16.3. The van der Waals surface area contributed by atoms with Crippen molar-refractivity contribution in [1.29, 1.82) is 0 Å². The Morgan fingerprint density at radius 2 is 2.11 bits per heavy atom. The van der Waals surface area contributed by atoms with E-state index in [-0.39, 0.29) is 11.5 Å². The summed E-state index contributed by atoms with van der Waals surface area (Å²) in [6, 6.07) is 10.3. The van der Waals surface area contributed by atoms with Gasteiger partial charge in [-0.15, -0.1) is 0 Å². The zero-order chi connectivity index (χ0) is 13.7. The molecular formula is C17H27NO. The van der Waals surface area contributed by atoms with Gasteiger partial charge in [-0.05, 0) is 30.7 Å². The van der Waals surface area contributed by atoms with Gasteiger partial charge < -0.3 is 10.8 Å². The highest BCUT2D eigenvalue weighted by Gasteiger charge is 2.40. The van der Waals surface area contributed by atoms with Crippen LogP contribution in [0, 0.1) is 11.3 Å². The van der Waals surface area contributed by atoms with E-state index >= 15 is 0 Å². The number of aliphatic hydroxyl groups excluding tert-OH is 1. The number of rotatable bonds is 5. The second-order valence-corrected chi connectivity index (χ2v) is 6.14. The minimum absolute atomic E-state index is 0.0607. The fraction of sp³-hybridized carbons (Fsp3) is 0.647. The number of benzene rings is 1. The molecule has 1 fully saturated rings. The summed E-state index contributed by atoms with van der Waals surface area (Å²) in [4.78, 5) is 0. The van der Waals surface area contributed by atoms with Gasteiger partial charge in [-0.1, -0.05) is 56.5 Å². The zero-order valence-corrected chi connectivity index (χ0v) is 12.0. The van der Waals surface area contributed by atoms with Gasteiger partial charge in [-0.3, -0.25) is 0 Å². The van der Waals surface area contributed by atoms with E-state index in [1.165, 1.54) is 24.8 Å². The largest absolute Gasteiger partial charge is 0.392 e. The Bertz CT molecular complexity index is 378. The lowest BCUT2D eigenvalue weighted by atomic mass is 9.65. The number of aliphatic hydroxyl groups is 1. The lowest BCUT2D eigenvalue weighted by Crippen LogP contribution is -2.46. The molecule has 3 unspecified atom stereocenters. The first kappa shape index (κ1) is 14.5. The smallest absolute Gasteiger partial charge is 0.0648 e. The van der Waals surface area contributed by atoms with Crippen LogP contribution >= 0.6 is 0 Å². The van der Waals surface area contributed by atoms with E-state index in [1.807, 2.05) is 18.2 Å². The van der Waals surface area contributed by atoms with Gasteiger partial charge in [0.05, 0.1) is 6.10 Å². The molecule has 1 aliphatic rings. The number of nitrogens with two attached hydrogens (primary N) is 1. The van der Waals surface area contributed by atoms with Gasteiger partial charge in [0.1, 0.15) is 0 Å². The molecular weight excluding hydrogens is 234 g/mol. The average molecular weight is 261 g/mol. The standard InChI is InChI=1S/C17H27NO/c1-2-14-9-6-10-17(12-14,13-18)16(19)11-15-7-4-3-5-8-15/h3-5,7-8,14,16,19H,2,6,9-13,18H2,1H3. The molecule has 0 amide bonds. The van der Waals surface area contributed by atoms with Gasteiger partial charge in [-0.2, -0.15) is 0 Å². The van der Waals surface area contributed by atoms with Crippen molar-refractivity contribution < 1.29 is 5.11 Å². The summed E-state index contributed by atoms with van der Waals surface area (Å²) in [5, 5.41) is 10.7. The summed E-state index contributed by atoms with van der Waals surface area (Å²) in [6.45, 7) is 2.86. The van der Waals surface area contributed by atoms with Crippen LogP contribution in [0.2, 0.25) is 0 Å². The monoisotopic (exact) mass is 261 g/mol. The van der Waals surface area contributed by atoms with E-state index in [0.717, 1.165) is 25.2 Å². The lowest BCUT2D eigenvalue weighted by Gasteiger charge is -2.43. The van der Waals surface area contributed by atoms with Crippen molar-refractivity contribution in [3.8, 4) is 0 Å². The zero-order valence-electron chi connectivity index (χ0n) is 12.0. The predicted octanol–water partition coefficient (Wildman–Crippen LogP) is 3.14. The maximum Gasteiger partial charge on any atom is 0.0648 e. The summed E-state index contributed by atoms with van der Waals surface area (Å²) >= 11 is 0. The second kappa shape index (κ2) is 6.53. The van der Waals surface area contributed by atoms with E-state index in [1.54, 1.807) is 0 Å². The molecule has 3 N–H and O–H groups in total. The van der Waals surface area contributed by atoms with E-state index in [9.17, 15) is 5.11 Å². The Morgan fingerprint density at radius 1 is 1.37 bits per heavy atom. The van der Waals surface area contributed by atoms with Crippen molar-refractivity contribution >= 4 is 0 Å². The lowest BCUT2D eigenvalue weighted by molar-refractivity contribution is -0.0136. The van der Waals surface area contributed by atoms with Gasteiger partial charge >= 0.3 is 0 Å². The summed E-state index contributed by atoms with van der Waals surface area (Å²) in [5.74, 6) is 0.739. The van der Waals surface area contributed by atoms with Crippen molar-refractivity contribution in [3.05, 3.63) is 35.9 Å². The molecule has 1 aromatic rings. The highest BCUT2D eigenvalue weighted by molar-refractivity contribution is 5.16. The molecule has 0 heterocycles. The summed E-state index contributed by atoms with van der Waals surface area (Å²) in [5.41, 5.74) is 7.20. The quantitative estimate of drug-likeness (QED) is 0.855. The van der Waals surface area contributed by atoms with Crippen LogP contribution in [-0.2, 0) is 6.42 Å². The molecule has 2 rings (SSSR count). The van der Waals surface area contributed by atoms with Gasteiger partial charge in [0.15, 0.2) is 0 Å². The fourth-order valence-electron chi connectivity index (χ4n) is 3.55. The molecule has 0 radical (unpaired) electrons. The third-order valence-electron chi connectivity index (χ3n) is 4.94. The van der Waals surface area contributed by atoms with E-state index < -0.39 is 0 Å². The molecule has 0 aliphatic heterocycles. The maximum absolute atomic E-state index is 10.7. The van der Waals surface area contributed by atoms with Crippen LogP contribution < -0.4 is 5.73 Å². The Kier molecular flexibility index (Phi) is 5.00. The van der Waals surface area contributed by atoms with Crippen LogP contribution in [0.5, 0.6) is 0 Å². The number of hydrogen-bond donors (Lipinski definition) is 2. The molecule has 0 aromatic heterocycles. The summed E-state index contributed by atoms with van der Waals surface area (Å²) in [7, 11) is 0. The Labute approximate surface area is 117 Å². The third-order valence-corrected chi connectivity index (χ3v) is 4.94. The van der Waals surface area contributed by atoms with Crippen LogP contribution in [-0.4, -0.2) is 17.8 Å². The molecule has 0 spiro atoms. The van der Waals surface area contributed by atoms with Gasteiger partial charge in [0.25, 0.3) is 0 Å². The van der Waals surface area contributed by atoms with Crippen LogP contribution in [0.4, 0.5) is 0 Å². The molecule has 3 atom stereocenters. The van der Waals surface area contributed by atoms with Crippen molar-refractivity contribution in [2.45, 2.75) is 51.6 Å². The highest BCUT2D eigenvalue weighted by Crippen LogP contribution is 2.43. The van der Waals surface area contributed by atoms with Crippen molar-refractivity contribution in [2.75, 3.05) is 6.54 Å². The van der Waals surface area contributed by atoms with E-state index in [4.69, 9.17) is 5.73 Å². The van der Waals surface area contributed by atoms with Crippen LogP contribution in [0.1, 0.15) is 44.6 Å². The minimum atomic E-state index is -0.311. The number of hydrogen-bond acceptors (Lipinski definition) is 2. The molecule has 2 nitrogen and oxygen atoms in total. The summed E-state index contributed by atoms with van der Waals surface area (Å²) in [6.07, 6.45) is 6.31. The van der Waals surface area contributed by atoms with Crippen LogP contribution in [0.25, 0.3) is 0 Å². The maximum atomic E-state index is 10.7. The van der Waals surface area contributed by atoms with E-state index in [2.05, 4.69) is 19.1 Å². The third kappa shape index (κ3) is 3.37. The molecule has 19 heavy (non-hydrogen) atoms.